The van der Waals surface area contributed by atoms with Gasteiger partial charge in [-0.15, -0.1) is 0 Å². The first-order valence-electron chi connectivity index (χ1n) is 6.38. The van der Waals surface area contributed by atoms with Crippen LogP contribution in [0, 0.1) is 5.92 Å². The van der Waals surface area contributed by atoms with Gasteiger partial charge in [0.2, 0.25) is 0 Å². The van der Waals surface area contributed by atoms with E-state index in [0.717, 1.165) is 6.54 Å². The SMILES string of the molecule is CCN1CCN(CCNC(C)C(C)C)S1(=O)=O. The second-order valence-electron chi connectivity index (χ2n) is 4.89. The second-order valence-corrected chi connectivity index (χ2v) is 6.81. The van der Waals surface area contributed by atoms with Crippen LogP contribution in [-0.2, 0) is 10.2 Å². The van der Waals surface area contributed by atoms with E-state index in [4.69, 9.17) is 0 Å². The van der Waals surface area contributed by atoms with Gasteiger partial charge in [0.1, 0.15) is 0 Å². The first-order valence-corrected chi connectivity index (χ1v) is 7.78. The van der Waals surface area contributed by atoms with Crippen LogP contribution in [-0.4, -0.2) is 55.8 Å². The van der Waals surface area contributed by atoms with Gasteiger partial charge in [-0.1, -0.05) is 20.8 Å². The number of nitrogens with one attached hydrogen (secondary N) is 1. The van der Waals surface area contributed by atoms with Crippen LogP contribution in [0.2, 0.25) is 0 Å². The van der Waals surface area contributed by atoms with E-state index >= 15 is 0 Å². The number of nitrogens with zero attached hydrogens (tertiary/aromatic N) is 2. The molecule has 0 aliphatic carbocycles. The van der Waals surface area contributed by atoms with Crippen molar-refractivity contribution in [1.29, 1.82) is 0 Å². The predicted octanol–water partition coefficient (Wildman–Crippen LogP) is 0.503. The molecule has 0 radical (unpaired) electrons. The Balaban J connectivity index is 2.39. The Bertz CT molecular complexity index is 330. The second kappa shape index (κ2) is 6.13. The molecule has 1 unspecified atom stereocenters. The quantitative estimate of drug-likeness (QED) is 0.759. The summed E-state index contributed by atoms with van der Waals surface area (Å²) in [5.74, 6) is 0.567. The minimum Gasteiger partial charge on any atom is -0.313 e. The molecular formula is C11H25N3O2S. The number of rotatable bonds is 6. The summed E-state index contributed by atoms with van der Waals surface area (Å²) in [6, 6.07) is 0.419. The number of hydrogen-bond acceptors (Lipinski definition) is 3. The zero-order valence-electron chi connectivity index (χ0n) is 11.3. The molecule has 0 aromatic heterocycles. The van der Waals surface area contributed by atoms with Crippen LogP contribution in [0.3, 0.4) is 0 Å². The van der Waals surface area contributed by atoms with Crippen molar-refractivity contribution in [2.75, 3.05) is 32.7 Å². The highest BCUT2D eigenvalue weighted by Crippen LogP contribution is 2.14. The molecule has 1 aliphatic heterocycles. The molecule has 5 nitrogen and oxygen atoms in total. The molecule has 17 heavy (non-hydrogen) atoms. The maximum atomic E-state index is 12.0. The van der Waals surface area contributed by atoms with Gasteiger partial charge in [0.15, 0.2) is 0 Å². The Morgan fingerprint density at radius 1 is 1.18 bits per heavy atom. The van der Waals surface area contributed by atoms with Crippen LogP contribution in [0.5, 0.6) is 0 Å². The maximum absolute atomic E-state index is 12.0. The van der Waals surface area contributed by atoms with E-state index < -0.39 is 10.2 Å². The smallest absolute Gasteiger partial charge is 0.282 e. The summed E-state index contributed by atoms with van der Waals surface area (Å²) in [7, 11) is -3.17. The number of hydrogen-bond donors (Lipinski definition) is 1. The molecule has 1 heterocycles. The molecule has 0 aromatic rings. The molecule has 6 heteroatoms. The zero-order valence-corrected chi connectivity index (χ0v) is 12.1. The topological polar surface area (TPSA) is 52.6 Å². The van der Waals surface area contributed by atoms with Gasteiger partial charge in [-0.05, 0) is 12.8 Å². The lowest BCUT2D eigenvalue weighted by Crippen LogP contribution is -2.40. The summed E-state index contributed by atoms with van der Waals surface area (Å²) < 4.78 is 27.0. The summed E-state index contributed by atoms with van der Waals surface area (Å²) in [6.45, 7) is 11.4. The van der Waals surface area contributed by atoms with Crippen LogP contribution in [0.15, 0.2) is 0 Å². The molecule has 0 saturated carbocycles. The van der Waals surface area contributed by atoms with E-state index in [1.807, 2.05) is 6.92 Å². The molecule has 1 atom stereocenters. The summed E-state index contributed by atoms with van der Waals surface area (Å²) in [5.41, 5.74) is 0. The van der Waals surface area contributed by atoms with Gasteiger partial charge in [0.25, 0.3) is 10.2 Å². The van der Waals surface area contributed by atoms with Crippen LogP contribution in [0.4, 0.5) is 0 Å². The van der Waals surface area contributed by atoms with Crippen molar-refractivity contribution in [3.05, 3.63) is 0 Å². The van der Waals surface area contributed by atoms with Gasteiger partial charge in [-0.3, -0.25) is 0 Å². The molecular weight excluding hydrogens is 238 g/mol. The van der Waals surface area contributed by atoms with Crippen LogP contribution in [0.25, 0.3) is 0 Å². The first-order chi connectivity index (χ1) is 7.89. The Morgan fingerprint density at radius 2 is 1.76 bits per heavy atom. The molecule has 0 aromatic carbocycles. The Hall–Kier alpha value is -0.170. The molecule has 102 valence electrons. The highest BCUT2D eigenvalue weighted by molar-refractivity contribution is 7.87. The Kier molecular flexibility index (Phi) is 5.37. The van der Waals surface area contributed by atoms with Gasteiger partial charge in [-0.25, -0.2) is 0 Å². The standard InChI is InChI=1S/C11H25N3O2S/c1-5-13-8-9-14(17(13,15)16)7-6-12-11(4)10(2)3/h10-12H,5-9H2,1-4H3. The van der Waals surface area contributed by atoms with Crippen molar-refractivity contribution in [3.63, 3.8) is 0 Å². The average Bonchev–Trinajstić information content (AvgIpc) is 2.53. The molecule has 1 saturated heterocycles. The maximum Gasteiger partial charge on any atom is 0.282 e. The summed E-state index contributed by atoms with van der Waals surface area (Å²) in [5, 5.41) is 3.35. The summed E-state index contributed by atoms with van der Waals surface area (Å²) in [6.07, 6.45) is 0. The van der Waals surface area contributed by atoms with Gasteiger partial charge in [-0.2, -0.15) is 17.0 Å². The fourth-order valence-corrected chi connectivity index (χ4v) is 3.42. The average molecular weight is 263 g/mol. The van der Waals surface area contributed by atoms with Crippen molar-refractivity contribution >= 4 is 10.2 Å². The van der Waals surface area contributed by atoms with Gasteiger partial charge in [0.05, 0.1) is 0 Å². The van der Waals surface area contributed by atoms with E-state index in [1.54, 1.807) is 4.31 Å². The fraction of sp³-hybridized carbons (Fsp3) is 1.00. The predicted molar refractivity (Wildman–Crippen MR) is 70.0 cm³/mol. The third kappa shape index (κ3) is 3.64. The molecule has 1 rings (SSSR count). The Labute approximate surface area is 105 Å². The third-order valence-corrected chi connectivity index (χ3v) is 5.54. The molecule has 0 bridgehead atoms. The molecule has 1 fully saturated rings. The molecule has 1 N–H and O–H groups in total. The lowest BCUT2D eigenvalue weighted by molar-refractivity contribution is 0.387. The van der Waals surface area contributed by atoms with Crippen molar-refractivity contribution in [2.24, 2.45) is 5.92 Å². The van der Waals surface area contributed by atoms with Crippen molar-refractivity contribution in [3.8, 4) is 0 Å². The Morgan fingerprint density at radius 3 is 2.24 bits per heavy atom. The van der Waals surface area contributed by atoms with E-state index in [2.05, 4.69) is 26.1 Å². The van der Waals surface area contributed by atoms with Crippen LogP contribution >= 0.6 is 0 Å². The van der Waals surface area contributed by atoms with Crippen molar-refractivity contribution in [2.45, 2.75) is 33.7 Å². The van der Waals surface area contributed by atoms with Crippen molar-refractivity contribution < 1.29 is 8.42 Å². The van der Waals surface area contributed by atoms with E-state index in [1.165, 1.54) is 4.31 Å². The lowest BCUT2D eigenvalue weighted by atomic mass is 10.1. The van der Waals surface area contributed by atoms with Crippen LogP contribution in [0.1, 0.15) is 27.7 Å². The number of likely N-dealkylation sites (N-methyl/N-ethyl adjacent to an activating group) is 1. The van der Waals surface area contributed by atoms with Crippen LogP contribution < -0.4 is 5.32 Å². The molecule has 1 aliphatic rings. The third-order valence-electron chi connectivity index (χ3n) is 3.43. The molecule has 0 spiro atoms. The van der Waals surface area contributed by atoms with Gasteiger partial charge >= 0.3 is 0 Å². The van der Waals surface area contributed by atoms with Gasteiger partial charge in [0, 0.05) is 38.8 Å². The minimum absolute atomic E-state index is 0.419. The van der Waals surface area contributed by atoms with E-state index in [9.17, 15) is 8.42 Å². The zero-order chi connectivity index (χ0) is 13.1. The first kappa shape index (κ1) is 14.9. The van der Waals surface area contributed by atoms with E-state index in [-0.39, 0.29) is 0 Å². The minimum atomic E-state index is -3.17. The van der Waals surface area contributed by atoms with E-state index in [0.29, 0.717) is 38.1 Å². The summed E-state index contributed by atoms with van der Waals surface area (Å²) in [4.78, 5) is 0. The summed E-state index contributed by atoms with van der Waals surface area (Å²) >= 11 is 0. The monoisotopic (exact) mass is 263 g/mol. The van der Waals surface area contributed by atoms with Crippen molar-refractivity contribution in [1.82, 2.24) is 13.9 Å². The highest BCUT2D eigenvalue weighted by Gasteiger charge is 2.34. The highest BCUT2D eigenvalue weighted by atomic mass is 32.2. The largest absolute Gasteiger partial charge is 0.313 e. The van der Waals surface area contributed by atoms with Gasteiger partial charge < -0.3 is 5.32 Å². The fourth-order valence-electron chi connectivity index (χ4n) is 1.82. The normalized spacial score (nSPS) is 23.4. The lowest BCUT2D eigenvalue weighted by Gasteiger charge is -2.21. The molecule has 0 amide bonds.